The summed E-state index contributed by atoms with van der Waals surface area (Å²) in [6.45, 7) is 0.436. The molecule has 1 aromatic heterocycles. The molecule has 0 radical (unpaired) electrons. The third-order valence-corrected chi connectivity index (χ3v) is 3.92. The van der Waals surface area contributed by atoms with E-state index in [2.05, 4.69) is 20.6 Å². The van der Waals surface area contributed by atoms with Crippen LogP contribution in [0.25, 0.3) is 0 Å². The molecule has 0 saturated heterocycles. The largest absolute Gasteiger partial charge is 0.495 e. The van der Waals surface area contributed by atoms with Crippen molar-refractivity contribution >= 4 is 29.1 Å². The van der Waals surface area contributed by atoms with E-state index < -0.39 is 0 Å². The van der Waals surface area contributed by atoms with Gasteiger partial charge < -0.3 is 15.4 Å². The van der Waals surface area contributed by atoms with E-state index in [0.717, 1.165) is 5.56 Å². The lowest BCUT2D eigenvalue weighted by Gasteiger charge is -2.10. The summed E-state index contributed by atoms with van der Waals surface area (Å²) in [7, 11) is 1.50. The fourth-order valence-electron chi connectivity index (χ4n) is 2.29. The summed E-state index contributed by atoms with van der Waals surface area (Å²) >= 11 is 5.96. The van der Waals surface area contributed by atoms with Gasteiger partial charge in [0, 0.05) is 24.0 Å². The molecule has 0 aliphatic heterocycles. The number of anilines is 2. The van der Waals surface area contributed by atoms with Gasteiger partial charge in [-0.05, 0) is 35.9 Å². The second-order valence-electron chi connectivity index (χ2n) is 5.57. The molecule has 138 valence electrons. The number of methoxy groups -OCH3 is 1. The average Bonchev–Trinajstić information content (AvgIpc) is 2.68. The van der Waals surface area contributed by atoms with Gasteiger partial charge in [-0.3, -0.25) is 4.79 Å². The molecule has 2 N–H and O–H groups in total. The monoisotopic (exact) mass is 386 g/mol. The van der Waals surface area contributed by atoms with Gasteiger partial charge in [0.15, 0.2) is 0 Å². The Morgan fingerprint density at radius 3 is 2.52 bits per heavy atom. The van der Waals surface area contributed by atoms with E-state index in [0.29, 0.717) is 29.0 Å². The van der Waals surface area contributed by atoms with E-state index in [4.69, 9.17) is 16.3 Å². The van der Waals surface area contributed by atoms with Gasteiger partial charge in [0.1, 0.15) is 11.6 Å². The van der Waals surface area contributed by atoms with Gasteiger partial charge in [0.05, 0.1) is 18.4 Å². The lowest BCUT2D eigenvalue weighted by atomic mass is 10.2. The molecule has 0 aliphatic carbocycles. The minimum atomic E-state index is -0.388. The molecule has 0 bridgehead atoms. The third-order valence-electron chi connectivity index (χ3n) is 3.69. The van der Waals surface area contributed by atoms with Crippen molar-refractivity contribution in [2.45, 2.75) is 6.54 Å². The molecule has 0 saturated carbocycles. The van der Waals surface area contributed by atoms with E-state index >= 15 is 0 Å². The molecule has 0 atom stereocenters. The Labute approximate surface area is 160 Å². The van der Waals surface area contributed by atoms with Gasteiger partial charge in [0.2, 0.25) is 5.95 Å². The van der Waals surface area contributed by atoms with Crippen LogP contribution in [-0.4, -0.2) is 23.0 Å². The van der Waals surface area contributed by atoms with Gasteiger partial charge in [-0.15, -0.1) is 0 Å². The van der Waals surface area contributed by atoms with E-state index in [9.17, 15) is 9.18 Å². The number of carbonyl (C=O) groups excluding carboxylic acids is 1. The molecule has 1 amide bonds. The molecule has 0 aliphatic rings. The molecule has 2 aromatic carbocycles. The van der Waals surface area contributed by atoms with Crippen LogP contribution in [-0.2, 0) is 6.54 Å². The van der Waals surface area contributed by atoms with Crippen LogP contribution in [0.5, 0.6) is 5.75 Å². The average molecular weight is 387 g/mol. The number of benzene rings is 2. The van der Waals surface area contributed by atoms with Gasteiger partial charge in [-0.25, -0.2) is 14.4 Å². The highest BCUT2D eigenvalue weighted by Crippen LogP contribution is 2.28. The molecule has 0 unspecified atom stereocenters. The summed E-state index contributed by atoms with van der Waals surface area (Å²) in [6.07, 6.45) is 2.82. The number of aromatic nitrogens is 2. The number of hydrogen-bond acceptors (Lipinski definition) is 5. The first kappa shape index (κ1) is 18.6. The Kier molecular flexibility index (Phi) is 5.83. The molecule has 6 nitrogen and oxygen atoms in total. The third kappa shape index (κ3) is 4.92. The number of nitrogens with zero attached hydrogens (tertiary/aromatic N) is 2. The van der Waals surface area contributed by atoms with Crippen molar-refractivity contribution in [3.05, 3.63) is 76.8 Å². The molecule has 3 rings (SSSR count). The summed E-state index contributed by atoms with van der Waals surface area (Å²) < 4.78 is 18.1. The van der Waals surface area contributed by atoms with Gasteiger partial charge in [0.25, 0.3) is 5.91 Å². The number of carbonyl (C=O) groups is 1. The summed E-state index contributed by atoms with van der Waals surface area (Å²) in [6, 6.07) is 11.0. The zero-order valence-corrected chi connectivity index (χ0v) is 15.1. The number of hydrogen-bond donors (Lipinski definition) is 2. The topological polar surface area (TPSA) is 76.1 Å². The lowest BCUT2D eigenvalue weighted by molar-refractivity contribution is 0.102. The van der Waals surface area contributed by atoms with Crippen LogP contribution >= 0.6 is 11.6 Å². The molecule has 0 spiro atoms. The molecule has 3 aromatic rings. The standard InChI is InChI=1S/C19H16ClFN4O2/c1-27-17-7-4-14(20)8-16(17)25-18(26)13-10-23-19(24-11-13)22-9-12-2-5-15(21)6-3-12/h2-8,10-11H,9H2,1H3,(H,25,26)(H,22,23,24). The number of amides is 1. The van der Waals surface area contributed by atoms with Crippen LogP contribution < -0.4 is 15.4 Å². The number of ether oxygens (including phenoxy) is 1. The second-order valence-corrected chi connectivity index (χ2v) is 6.01. The SMILES string of the molecule is COc1ccc(Cl)cc1NC(=O)c1cnc(NCc2ccc(F)cc2)nc1. The highest BCUT2D eigenvalue weighted by molar-refractivity contribution is 6.31. The fraction of sp³-hybridized carbons (Fsp3) is 0.105. The summed E-state index contributed by atoms with van der Waals surface area (Å²) in [4.78, 5) is 20.6. The van der Waals surface area contributed by atoms with Crippen LogP contribution in [0.15, 0.2) is 54.9 Å². The number of rotatable bonds is 6. The Hall–Kier alpha value is -3.19. The fourth-order valence-corrected chi connectivity index (χ4v) is 2.46. The van der Waals surface area contributed by atoms with E-state index in [1.807, 2.05) is 0 Å². The number of nitrogens with one attached hydrogen (secondary N) is 2. The highest BCUT2D eigenvalue weighted by atomic mass is 35.5. The van der Waals surface area contributed by atoms with E-state index in [-0.39, 0.29) is 17.3 Å². The van der Waals surface area contributed by atoms with Crippen LogP contribution in [0.1, 0.15) is 15.9 Å². The van der Waals surface area contributed by atoms with Crippen LogP contribution in [0.4, 0.5) is 16.0 Å². The zero-order valence-electron chi connectivity index (χ0n) is 14.4. The van der Waals surface area contributed by atoms with Crippen LogP contribution in [0.2, 0.25) is 5.02 Å². The van der Waals surface area contributed by atoms with Crippen molar-refractivity contribution in [3.63, 3.8) is 0 Å². The first-order chi connectivity index (χ1) is 13.0. The van der Waals surface area contributed by atoms with Crippen molar-refractivity contribution in [1.82, 2.24) is 9.97 Å². The van der Waals surface area contributed by atoms with E-state index in [1.165, 1.54) is 31.6 Å². The smallest absolute Gasteiger partial charge is 0.258 e. The van der Waals surface area contributed by atoms with Gasteiger partial charge in [-0.1, -0.05) is 23.7 Å². The predicted molar refractivity (Wildman–Crippen MR) is 102 cm³/mol. The quantitative estimate of drug-likeness (QED) is 0.665. The van der Waals surface area contributed by atoms with Gasteiger partial charge >= 0.3 is 0 Å². The maximum Gasteiger partial charge on any atom is 0.258 e. The summed E-state index contributed by atoms with van der Waals surface area (Å²) in [5.74, 6) is 0.171. The minimum absolute atomic E-state index is 0.282. The Morgan fingerprint density at radius 1 is 1.15 bits per heavy atom. The first-order valence-electron chi connectivity index (χ1n) is 8.00. The lowest BCUT2D eigenvalue weighted by Crippen LogP contribution is -2.14. The maximum atomic E-state index is 12.9. The van der Waals surface area contributed by atoms with Crippen molar-refractivity contribution in [1.29, 1.82) is 0 Å². The Balaban J connectivity index is 1.63. The number of halogens is 2. The summed E-state index contributed by atoms with van der Waals surface area (Å²) in [5, 5.41) is 6.20. The van der Waals surface area contributed by atoms with E-state index in [1.54, 1.807) is 30.3 Å². The van der Waals surface area contributed by atoms with Crippen molar-refractivity contribution < 1.29 is 13.9 Å². The van der Waals surface area contributed by atoms with Crippen LogP contribution in [0.3, 0.4) is 0 Å². The maximum absolute atomic E-state index is 12.9. The highest BCUT2D eigenvalue weighted by Gasteiger charge is 2.11. The first-order valence-corrected chi connectivity index (χ1v) is 8.38. The molecule has 0 fully saturated rings. The molecule has 27 heavy (non-hydrogen) atoms. The van der Waals surface area contributed by atoms with Crippen molar-refractivity contribution in [2.75, 3.05) is 17.7 Å². The second kappa shape index (κ2) is 8.46. The Morgan fingerprint density at radius 2 is 1.85 bits per heavy atom. The van der Waals surface area contributed by atoms with Crippen molar-refractivity contribution in [3.8, 4) is 5.75 Å². The Bertz CT molecular complexity index is 933. The minimum Gasteiger partial charge on any atom is -0.495 e. The molecule has 8 heteroatoms. The normalized spacial score (nSPS) is 10.3. The summed E-state index contributed by atoms with van der Waals surface area (Å²) in [5.41, 5.74) is 1.62. The molecular formula is C19H16ClFN4O2. The predicted octanol–water partition coefficient (Wildman–Crippen LogP) is 4.14. The molecule has 1 heterocycles. The molecular weight excluding hydrogens is 371 g/mol. The van der Waals surface area contributed by atoms with Gasteiger partial charge in [-0.2, -0.15) is 0 Å². The van der Waals surface area contributed by atoms with Crippen molar-refractivity contribution in [2.24, 2.45) is 0 Å². The van der Waals surface area contributed by atoms with Crippen LogP contribution in [0, 0.1) is 5.82 Å². The zero-order chi connectivity index (χ0) is 19.2.